The molecule has 2 aromatic rings. The fourth-order valence-electron chi connectivity index (χ4n) is 3.04. The zero-order valence-corrected chi connectivity index (χ0v) is 16.6. The molecule has 0 saturated heterocycles. The van der Waals surface area contributed by atoms with E-state index in [9.17, 15) is 20.2 Å². The van der Waals surface area contributed by atoms with Crippen molar-refractivity contribution in [1.82, 2.24) is 0 Å². The predicted octanol–water partition coefficient (Wildman–Crippen LogP) is 4.96. The third-order valence-corrected chi connectivity index (χ3v) is 5.01. The molecular formula is C20H24N4O5. The van der Waals surface area contributed by atoms with Crippen LogP contribution in [0.4, 0.5) is 17.1 Å². The number of non-ortho nitro benzene ring substituents is 1. The van der Waals surface area contributed by atoms with Crippen LogP contribution in [0.2, 0.25) is 0 Å². The summed E-state index contributed by atoms with van der Waals surface area (Å²) >= 11 is 0. The maximum atomic E-state index is 11.2. The highest BCUT2D eigenvalue weighted by atomic mass is 16.6. The van der Waals surface area contributed by atoms with Crippen LogP contribution in [-0.4, -0.2) is 23.2 Å². The van der Waals surface area contributed by atoms with Gasteiger partial charge in [-0.25, -0.2) is 0 Å². The number of benzene rings is 2. The van der Waals surface area contributed by atoms with Crippen molar-refractivity contribution in [1.29, 1.82) is 0 Å². The molecule has 0 aliphatic rings. The molecule has 29 heavy (non-hydrogen) atoms. The van der Waals surface area contributed by atoms with Gasteiger partial charge in [0.25, 0.3) is 5.69 Å². The van der Waals surface area contributed by atoms with Crippen molar-refractivity contribution in [2.75, 3.05) is 12.5 Å². The van der Waals surface area contributed by atoms with E-state index in [1.54, 1.807) is 13.3 Å². The maximum absolute atomic E-state index is 11.2. The highest BCUT2D eigenvalue weighted by molar-refractivity contribution is 5.70. The van der Waals surface area contributed by atoms with E-state index in [0.29, 0.717) is 0 Å². The van der Waals surface area contributed by atoms with Crippen LogP contribution >= 0.6 is 0 Å². The molecule has 2 rings (SSSR count). The monoisotopic (exact) mass is 400 g/mol. The second kappa shape index (κ2) is 9.63. The highest BCUT2D eigenvalue weighted by Gasteiger charge is 2.25. The van der Waals surface area contributed by atoms with Gasteiger partial charge in [-0.05, 0) is 43.0 Å². The van der Waals surface area contributed by atoms with Gasteiger partial charge in [0.15, 0.2) is 0 Å². The average Bonchev–Trinajstić information content (AvgIpc) is 2.73. The van der Waals surface area contributed by atoms with Crippen LogP contribution in [0.15, 0.2) is 47.6 Å². The van der Waals surface area contributed by atoms with E-state index in [1.807, 2.05) is 24.3 Å². The molecule has 0 bridgehead atoms. The van der Waals surface area contributed by atoms with E-state index in [0.717, 1.165) is 36.6 Å². The highest BCUT2D eigenvalue weighted by Crippen LogP contribution is 2.32. The second-order valence-corrected chi connectivity index (χ2v) is 6.68. The van der Waals surface area contributed by atoms with Crippen LogP contribution in [0, 0.1) is 25.6 Å². The molecule has 0 unspecified atom stereocenters. The Bertz CT molecular complexity index is 909. The molecular weight excluding hydrogens is 376 g/mol. The van der Waals surface area contributed by atoms with Crippen LogP contribution in [-0.2, 0) is 6.42 Å². The van der Waals surface area contributed by atoms with Crippen molar-refractivity contribution < 1.29 is 14.6 Å². The number of hydrogen-bond donors (Lipinski definition) is 1. The van der Waals surface area contributed by atoms with E-state index in [1.165, 1.54) is 12.1 Å². The van der Waals surface area contributed by atoms with Gasteiger partial charge < -0.3 is 4.74 Å². The molecule has 0 amide bonds. The van der Waals surface area contributed by atoms with Crippen molar-refractivity contribution in [3.63, 3.8) is 0 Å². The molecule has 154 valence electrons. The Labute approximate surface area is 168 Å². The quantitative estimate of drug-likeness (QED) is 0.342. The van der Waals surface area contributed by atoms with E-state index >= 15 is 0 Å². The third kappa shape index (κ3) is 5.50. The second-order valence-electron chi connectivity index (χ2n) is 6.68. The molecule has 0 spiro atoms. The van der Waals surface area contributed by atoms with Crippen LogP contribution in [0.5, 0.6) is 5.75 Å². The van der Waals surface area contributed by atoms with Gasteiger partial charge in [-0.3, -0.25) is 25.7 Å². The minimum atomic E-state index is -0.673. The summed E-state index contributed by atoms with van der Waals surface area (Å²) in [6.07, 6.45) is 4.12. The Kier molecular flexibility index (Phi) is 7.24. The lowest BCUT2D eigenvalue weighted by Gasteiger charge is -2.27. The van der Waals surface area contributed by atoms with Gasteiger partial charge in [0.1, 0.15) is 11.4 Å². The Morgan fingerprint density at radius 3 is 2.41 bits per heavy atom. The number of hydrazone groups is 1. The standard InChI is InChI=1S/C20H24N4O5/c1-4-20(5-2,13-15-7-6-8-17(11-15)29-3)14-21-22-18-10-9-16(23(25)26)12-19(18)24(27)28/h6-12,14,22H,4-5,13H2,1-3H3. The van der Waals surface area contributed by atoms with Crippen LogP contribution in [0.1, 0.15) is 32.3 Å². The first-order chi connectivity index (χ1) is 13.8. The molecule has 9 heteroatoms. The molecule has 9 nitrogen and oxygen atoms in total. The number of anilines is 1. The number of methoxy groups -OCH3 is 1. The lowest BCUT2D eigenvalue weighted by molar-refractivity contribution is -0.393. The minimum Gasteiger partial charge on any atom is -0.497 e. The molecule has 2 aromatic carbocycles. The van der Waals surface area contributed by atoms with Crippen LogP contribution < -0.4 is 10.2 Å². The zero-order chi connectivity index (χ0) is 21.4. The summed E-state index contributed by atoms with van der Waals surface area (Å²) in [5.41, 5.74) is 2.87. The zero-order valence-electron chi connectivity index (χ0n) is 16.6. The van der Waals surface area contributed by atoms with Gasteiger partial charge in [0.2, 0.25) is 0 Å². The van der Waals surface area contributed by atoms with Crippen molar-refractivity contribution in [3.05, 3.63) is 68.3 Å². The van der Waals surface area contributed by atoms with Crippen LogP contribution in [0.25, 0.3) is 0 Å². The number of nitro benzene ring substituents is 2. The lowest BCUT2D eigenvalue weighted by atomic mass is 9.78. The van der Waals surface area contributed by atoms with Gasteiger partial charge in [0.05, 0.1) is 23.0 Å². The predicted molar refractivity (Wildman–Crippen MR) is 112 cm³/mol. The average molecular weight is 400 g/mol. The van der Waals surface area contributed by atoms with Crippen molar-refractivity contribution in [2.45, 2.75) is 33.1 Å². The van der Waals surface area contributed by atoms with E-state index in [2.05, 4.69) is 24.4 Å². The van der Waals surface area contributed by atoms with Crippen molar-refractivity contribution in [3.8, 4) is 5.75 Å². The van der Waals surface area contributed by atoms with Gasteiger partial charge in [-0.1, -0.05) is 26.0 Å². The van der Waals surface area contributed by atoms with Crippen molar-refractivity contribution >= 4 is 23.3 Å². The fraction of sp³-hybridized carbons (Fsp3) is 0.350. The van der Waals surface area contributed by atoms with Gasteiger partial charge >= 0.3 is 5.69 Å². The van der Waals surface area contributed by atoms with E-state index in [-0.39, 0.29) is 16.8 Å². The Morgan fingerprint density at radius 1 is 1.10 bits per heavy atom. The summed E-state index contributed by atoms with van der Waals surface area (Å²) in [6.45, 7) is 4.12. The third-order valence-electron chi connectivity index (χ3n) is 5.01. The molecule has 0 saturated carbocycles. The van der Waals surface area contributed by atoms with Crippen LogP contribution in [0.3, 0.4) is 0 Å². The first-order valence-corrected chi connectivity index (χ1v) is 9.20. The summed E-state index contributed by atoms with van der Waals surface area (Å²) in [5, 5.41) is 26.3. The number of ether oxygens (including phenoxy) is 1. The van der Waals surface area contributed by atoms with E-state index < -0.39 is 15.5 Å². The van der Waals surface area contributed by atoms with Gasteiger partial charge in [-0.15, -0.1) is 0 Å². The minimum absolute atomic E-state index is 0.0966. The first kappa shape index (κ1) is 21.8. The SMILES string of the molecule is CCC(C=NNc1ccc([N+](=O)[O-])cc1[N+](=O)[O-])(CC)Cc1cccc(OC)c1. The number of hydrogen-bond acceptors (Lipinski definition) is 7. The van der Waals surface area contributed by atoms with Gasteiger partial charge in [-0.2, -0.15) is 5.10 Å². The summed E-state index contributed by atoms with van der Waals surface area (Å²) in [4.78, 5) is 20.8. The molecule has 0 aliphatic heterocycles. The number of nitrogens with one attached hydrogen (secondary N) is 1. The maximum Gasteiger partial charge on any atom is 0.301 e. The molecule has 0 atom stereocenters. The van der Waals surface area contributed by atoms with Gasteiger partial charge in [0, 0.05) is 17.7 Å². The first-order valence-electron chi connectivity index (χ1n) is 9.20. The molecule has 0 radical (unpaired) electrons. The normalized spacial score (nSPS) is 11.4. The number of rotatable bonds is 10. The molecule has 1 N–H and O–H groups in total. The number of nitrogens with zero attached hydrogens (tertiary/aromatic N) is 3. The van der Waals surface area contributed by atoms with Crippen molar-refractivity contribution in [2.24, 2.45) is 10.5 Å². The topological polar surface area (TPSA) is 120 Å². The Morgan fingerprint density at radius 2 is 1.83 bits per heavy atom. The molecule has 0 aliphatic carbocycles. The fourth-order valence-corrected chi connectivity index (χ4v) is 3.04. The molecule has 0 fully saturated rings. The molecule has 0 aromatic heterocycles. The largest absolute Gasteiger partial charge is 0.497 e. The summed E-state index contributed by atoms with van der Waals surface area (Å²) in [5.74, 6) is 0.778. The summed E-state index contributed by atoms with van der Waals surface area (Å²) in [7, 11) is 1.62. The summed E-state index contributed by atoms with van der Waals surface area (Å²) in [6, 6.07) is 11.2. The Balaban J connectivity index is 2.24. The Hall–Kier alpha value is -3.49. The molecule has 0 heterocycles. The summed E-state index contributed by atoms with van der Waals surface area (Å²) < 4.78 is 5.28. The van der Waals surface area contributed by atoms with E-state index in [4.69, 9.17) is 4.74 Å². The smallest absolute Gasteiger partial charge is 0.301 e. The number of nitro groups is 2. The lowest BCUT2D eigenvalue weighted by Crippen LogP contribution is -2.24.